The van der Waals surface area contributed by atoms with Crippen LogP contribution in [0.3, 0.4) is 0 Å². The minimum Gasteiger partial charge on any atom is -0.478 e. The number of rotatable bonds is 7. The highest BCUT2D eigenvalue weighted by atomic mass is 32.2. The lowest BCUT2D eigenvalue weighted by Gasteiger charge is -2.06. The van der Waals surface area contributed by atoms with Gasteiger partial charge in [-0.25, -0.2) is 14.3 Å². The van der Waals surface area contributed by atoms with Gasteiger partial charge in [-0.1, -0.05) is 0 Å². The van der Waals surface area contributed by atoms with Crippen LogP contribution in [-0.2, 0) is 26.3 Å². The summed E-state index contributed by atoms with van der Waals surface area (Å²) in [4.78, 5) is 22.7. The Morgan fingerprint density at radius 2 is 2.14 bits per heavy atom. The number of carboxylic acid groups (broad SMARTS) is 1. The molecule has 1 rings (SSSR count). The quantitative estimate of drug-likeness (QED) is 0.638. The maximum absolute atomic E-state index is 11.5. The third kappa shape index (κ3) is 6.88. The summed E-state index contributed by atoms with van der Waals surface area (Å²) in [7, 11) is -4.00. The number of hydrogen-bond acceptors (Lipinski definition) is 6. The number of aliphatic carboxylic acids is 1. The van der Waals surface area contributed by atoms with Crippen molar-refractivity contribution in [3.8, 4) is 0 Å². The largest absolute Gasteiger partial charge is 0.478 e. The van der Waals surface area contributed by atoms with E-state index in [0.717, 1.165) is 6.08 Å². The summed E-state index contributed by atoms with van der Waals surface area (Å²) in [6.45, 7) is 1.59. The van der Waals surface area contributed by atoms with E-state index < -0.39 is 22.3 Å². The SMILES string of the molecule is CCOC(=O)NS(=O)(=O)NCc1ccc(/C=C/C(=O)O)s1. The van der Waals surface area contributed by atoms with Crippen molar-refractivity contribution >= 4 is 39.7 Å². The molecule has 8 nitrogen and oxygen atoms in total. The summed E-state index contributed by atoms with van der Waals surface area (Å²) in [5.74, 6) is -1.07. The number of hydrogen-bond donors (Lipinski definition) is 3. The molecule has 1 heterocycles. The topological polar surface area (TPSA) is 122 Å². The van der Waals surface area contributed by atoms with E-state index in [2.05, 4.69) is 9.46 Å². The van der Waals surface area contributed by atoms with Gasteiger partial charge in [-0.3, -0.25) is 0 Å². The van der Waals surface area contributed by atoms with Crippen molar-refractivity contribution in [1.82, 2.24) is 9.44 Å². The number of nitrogens with one attached hydrogen (secondary N) is 2. The highest BCUT2D eigenvalue weighted by molar-refractivity contribution is 7.88. The second kappa shape index (κ2) is 7.76. The molecular weight excluding hydrogens is 320 g/mol. The van der Waals surface area contributed by atoms with Crippen LogP contribution in [0, 0.1) is 0 Å². The number of ether oxygens (including phenoxy) is 1. The van der Waals surface area contributed by atoms with E-state index in [-0.39, 0.29) is 13.2 Å². The molecule has 0 saturated heterocycles. The lowest BCUT2D eigenvalue weighted by atomic mass is 10.4. The minimum absolute atomic E-state index is 0.0275. The van der Waals surface area contributed by atoms with Gasteiger partial charge in [0.2, 0.25) is 0 Å². The van der Waals surface area contributed by atoms with Crippen molar-refractivity contribution < 1.29 is 27.9 Å². The fourth-order valence-electron chi connectivity index (χ4n) is 1.20. The van der Waals surface area contributed by atoms with Crippen molar-refractivity contribution in [2.24, 2.45) is 0 Å². The van der Waals surface area contributed by atoms with Crippen molar-refractivity contribution in [1.29, 1.82) is 0 Å². The Bertz CT molecular complexity index is 635. The van der Waals surface area contributed by atoms with Crippen molar-refractivity contribution in [2.45, 2.75) is 13.5 Å². The summed E-state index contributed by atoms with van der Waals surface area (Å²) in [6.07, 6.45) is 1.34. The van der Waals surface area contributed by atoms with Crippen molar-refractivity contribution in [2.75, 3.05) is 6.61 Å². The van der Waals surface area contributed by atoms with Crippen LogP contribution in [0.2, 0.25) is 0 Å². The molecule has 0 spiro atoms. The van der Waals surface area contributed by atoms with E-state index in [1.54, 1.807) is 23.8 Å². The number of carboxylic acids is 1. The Balaban J connectivity index is 2.55. The Morgan fingerprint density at radius 3 is 2.76 bits per heavy atom. The van der Waals surface area contributed by atoms with Crippen LogP contribution in [0.15, 0.2) is 18.2 Å². The molecule has 0 atom stereocenters. The van der Waals surface area contributed by atoms with Gasteiger partial charge in [0, 0.05) is 22.4 Å². The fourth-order valence-corrected chi connectivity index (χ4v) is 2.85. The standard InChI is InChI=1S/C11H14N2O6S2/c1-2-19-11(16)13-21(17,18)12-7-9-4-3-8(20-9)5-6-10(14)15/h3-6,12H,2,7H2,1H3,(H,13,16)(H,14,15)/b6-5+. The molecule has 0 bridgehead atoms. The van der Waals surface area contributed by atoms with E-state index in [9.17, 15) is 18.0 Å². The molecule has 0 aliphatic heterocycles. The van der Waals surface area contributed by atoms with Crippen LogP contribution in [0.25, 0.3) is 6.08 Å². The Morgan fingerprint density at radius 1 is 1.43 bits per heavy atom. The predicted octanol–water partition coefficient (Wildman–Crippen LogP) is 0.926. The lowest BCUT2D eigenvalue weighted by molar-refractivity contribution is -0.131. The molecule has 1 aromatic rings. The summed E-state index contributed by atoms with van der Waals surface area (Å²) in [6, 6.07) is 3.31. The predicted molar refractivity (Wildman–Crippen MR) is 76.9 cm³/mol. The Labute approximate surface area is 125 Å². The number of amides is 1. The molecule has 116 valence electrons. The first-order valence-electron chi connectivity index (χ1n) is 5.76. The molecule has 0 saturated carbocycles. The van der Waals surface area contributed by atoms with E-state index in [0.29, 0.717) is 9.75 Å². The summed E-state index contributed by atoms with van der Waals surface area (Å²) < 4.78 is 31.3. The Hall–Kier alpha value is -1.91. The van der Waals surface area contributed by atoms with Crippen LogP contribution < -0.4 is 9.44 Å². The first-order valence-corrected chi connectivity index (χ1v) is 8.06. The normalized spacial score (nSPS) is 11.5. The summed E-state index contributed by atoms with van der Waals surface area (Å²) in [5, 5.41) is 8.49. The summed E-state index contributed by atoms with van der Waals surface area (Å²) >= 11 is 1.22. The molecule has 3 N–H and O–H groups in total. The van der Waals surface area contributed by atoms with E-state index in [1.165, 1.54) is 17.4 Å². The molecule has 10 heteroatoms. The first kappa shape index (κ1) is 17.1. The molecule has 0 aliphatic rings. The molecule has 21 heavy (non-hydrogen) atoms. The van der Waals surface area contributed by atoms with Gasteiger partial charge in [0.25, 0.3) is 0 Å². The average molecular weight is 334 g/mol. The third-order valence-electron chi connectivity index (χ3n) is 2.00. The van der Waals surface area contributed by atoms with E-state index in [1.807, 2.05) is 0 Å². The highest BCUT2D eigenvalue weighted by Gasteiger charge is 2.14. The third-order valence-corrected chi connectivity index (χ3v) is 4.01. The smallest absolute Gasteiger partial charge is 0.421 e. The zero-order valence-electron chi connectivity index (χ0n) is 11.0. The van der Waals surface area contributed by atoms with Crippen molar-refractivity contribution in [3.05, 3.63) is 28.0 Å². The van der Waals surface area contributed by atoms with Crippen LogP contribution >= 0.6 is 11.3 Å². The van der Waals surface area contributed by atoms with Crippen LogP contribution in [0.1, 0.15) is 16.7 Å². The summed E-state index contributed by atoms with van der Waals surface area (Å²) in [5.41, 5.74) is 0. The van der Waals surface area contributed by atoms with Gasteiger partial charge < -0.3 is 9.84 Å². The molecule has 0 fully saturated rings. The Kier molecular flexibility index (Phi) is 6.34. The van der Waals surface area contributed by atoms with Crippen LogP contribution in [-0.4, -0.2) is 32.2 Å². The zero-order chi connectivity index (χ0) is 15.9. The second-order valence-corrected chi connectivity index (χ2v) is 6.32. The second-order valence-electron chi connectivity index (χ2n) is 3.62. The van der Waals surface area contributed by atoms with E-state index >= 15 is 0 Å². The zero-order valence-corrected chi connectivity index (χ0v) is 12.7. The maximum atomic E-state index is 11.5. The van der Waals surface area contributed by atoms with Crippen LogP contribution in [0.4, 0.5) is 4.79 Å². The average Bonchev–Trinajstić information content (AvgIpc) is 2.81. The van der Waals surface area contributed by atoms with Gasteiger partial charge in [0.05, 0.1) is 6.61 Å². The maximum Gasteiger partial charge on any atom is 0.421 e. The van der Waals surface area contributed by atoms with Gasteiger partial charge in [0.15, 0.2) is 0 Å². The molecule has 0 aliphatic carbocycles. The van der Waals surface area contributed by atoms with Crippen LogP contribution in [0.5, 0.6) is 0 Å². The molecular formula is C11H14N2O6S2. The molecule has 0 aromatic carbocycles. The van der Waals surface area contributed by atoms with Gasteiger partial charge in [-0.15, -0.1) is 11.3 Å². The van der Waals surface area contributed by atoms with E-state index in [4.69, 9.17) is 5.11 Å². The lowest BCUT2D eigenvalue weighted by Crippen LogP contribution is -2.40. The minimum atomic E-state index is -4.00. The number of carbonyl (C=O) groups is 2. The number of thiophene rings is 1. The van der Waals surface area contributed by atoms with Gasteiger partial charge >= 0.3 is 22.3 Å². The van der Waals surface area contributed by atoms with Gasteiger partial charge in [0.1, 0.15) is 0 Å². The molecule has 1 aromatic heterocycles. The molecule has 0 unspecified atom stereocenters. The fraction of sp³-hybridized carbons (Fsp3) is 0.273. The van der Waals surface area contributed by atoms with Crippen molar-refractivity contribution in [3.63, 3.8) is 0 Å². The molecule has 0 radical (unpaired) electrons. The highest BCUT2D eigenvalue weighted by Crippen LogP contribution is 2.17. The monoisotopic (exact) mass is 334 g/mol. The van der Waals surface area contributed by atoms with Gasteiger partial charge in [-0.2, -0.15) is 13.1 Å². The molecule has 1 amide bonds. The number of carbonyl (C=O) groups excluding carboxylic acids is 1. The first-order chi connectivity index (χ1) is 9.82. The van der Waals surface area contributed by atoms with Gasteiger partial charge in [-0.05, 0) is 25.1 Å².